The Kier molecular flexibility index (Phi) is 57.0. The molecule has 0 aromatic carbocycles. The Hall–Kier alpha value is -4.71. The molecule has 0 heterocycles. The molecular weight excluding hydrogens is 913 g/mol. The van der Waals surface area contributed by atoms with Crippen LogP contribution in [0.15, 0.2) is 146 Å². The number of unbranched alkanes of at least 4 members (excludes halogenated alkanes) is 18. The third-order valence-electron chi connectivity index (χ3n) is 12.1. The van der Waals surface area contributed by atoms with E-state index in [-0.39, 0.29) is 31.6 Å². The standard InChI is InChI=1S/C68H108O6/c1-4-7-10-13-16-19-22-25-27-28-29-30-31-32-33-34-35-36-37-38-39-40-42-43-46-49-52-55-58-61-67(70)73-64-65(63-72-66(69)60-57-54-51-48-45-24-21-18-15-12-9-6-3)74-68(71)62-59-56-53-50-47-44-41-26-23-20-17-14-11-8-5-2/h7-8,10-11,16-17,19-20,25-27,29-30,32-33,35-36,38-39,41,47,50,56,59,65H,4-6,9,12-15,18,21-24,28,31,34,37,40,42-46,48-49,51-55,57-58,60-64H2,1-3H3/b10-7-,11-8-,19-16-,20-17-,27-25-,30-29-,33-32-,36-35-,39-38-,41-26-,50-47-,59-56-. The van der Waals surface area contributed by atoms with E-state index in [4.69, 9.17) is 14.2 Å². The molecule has 1 atom stereocenters. The average molecular weight is 1020 g/mol. The van der Waals surface area contributed by atoms with Gasteiger partial charge < -0.3 is 14.2 Å². The van der Waals surface area contributed by atoms with Crippen molar-refractivity contribution in [1.82, 2.24) is 0 Å². The molecule has 0 bridgehead atoms. The van der Waals surface area contributed by atoms with Gasteiger partial charge in [0.05, 0.1) is 6.42 Å². The Morgan fingerprint density at radius 1 is 0.297 bits per heavy atom. The summed E-state index contributed by atoms with van der Waals surface area (Å²) in [5.74, 6) is -1.07. The maximum Gasteiger partial charge on any atom is 0.310 e. The first-order chi connectivity index (χ1) is 36.5. The zero-order valence-corrected chi connectivity index (χ0v) is 47.5. The Morgan fingerprint density at radius 2 is 0.568 bits per heavy atom. The minimum absolute atomic E-state index is 0.0898. The second-order valence-electron chi connectivity index (χ2n) is 19.2. The van der Waals surface area contributed by atoms with E-state index in [0.29, 0.717) is 19.3 Å². The van der Waals surface area contributed by atoms with Crippen LogP contribution in [0.4, 0.5) is 0 Å². The minimum Gasteiger partial charge on any atom is -0.462 e. The highest BCUT2D eigenvalue weighted by Crippen LogP contribution is 2.14. The first-order valence-corrected chi connectivity index (χ1v) is 29.8. The van der Waals surface area contributed by atoms with Gasteiger partial charge in [-0.1, -0.05) is 269 Å². The van der Waals surface area contributed by atoms with Gasteiger partial charge in [-0.25, -0.2) is 0 Å². The third kappa shape index (κ3) is 58.2. The lowest BCUT2D eigenvalue weighted by Gasteiger charge is -2.18. The highest BCUT2D eigenvalue weighted by atomic mass is 16.6. The van der Waals surface area contributed by atoms with Crippen LogP contribution < -0.4 is 0 Å². The van der Waals surface area contributed by atoms with Gasteiger partial charge in [-0.15, -0.1) is 0 Å². The van der Waals surface area contributed by atoms with Crippen LogP contribution >= 0.6 is 0 Å². The Balaban J connectivity index is 4.39. The molecule has 1 unspecified atom stereocenters. The fourth-order valence-electron chi connectivity index (χ4n) is 7.73. The molecule has 0 fully saturated rings. The van der Waals surface area contributed by atoms with Crippen molar-refractivity contribution in [2.24, 2.45) is 0 Å². The highest BCUT2D eigenvalue weighted by Gasteiger charge is 2.19. The molecular formula is C68H108O6. The van der Waals surface area contributed by atoms with E-state index >= 15 is 0 Å². The van der Waals surface area contributed by atoms with Gasteiger partial charge in [0.25, 0.3) is 0 Å². The smallest absolute Gasteiger partial charge is 0.310 e. The highest BCUT2D eigenvalue weighted by molar-refractivity contribution is 5.72. The van der Waals surface area contributed by atoms with Crippen LogP contribution in [0.25, 0.3) is 0 Å². The van der Waals surface area contributed by atoms with Gasteiger partial charge in [0.15, 0.2) is 6.10 Å². The van der Waals surface area contributed by atoms with E-state index < -0.39 is 12.1 Å². The van der Waals surface area contributed by atoms with Gasteiger partial charge in [0.2, 0.25) is 0 Å². The molecule has 0 radical (unpaired) electrons. The van der Waals surface area contributed by atoms with Crippen LogP contribution in [-0.2, 0) is 28.6 Å². The third-order valence-corrected chi connectivity index (χ3v) is 12.1. The molecule has 0 N–H and O–H groups in total. The van der Waals surface area contributed by atoms with Crippen molar-refractivity contribution in [1.29, 1.82) is 0 Å². The van der Waals surface area contributed by atoms with Crippen molar-refractivity contribution in [3.05, 3.63) is 146 Å². The molecule has 0 aromatic rings. The Labute approximate surface area is 455 Å². The second kappa shape index (κ2) is 60.8. The summed E-state index contributed by atoms with van der Waals surface area (Å²) in [5.41, 5.74) is 0. The summed E-state index contributed by atoms with van der Waals surface area (Å²) in [5, 5.41) is 0. The number of rotatable bonds is 52. The Bertz CT molecular complexity index is 1640. The lowest BCUT2D eigenvalue weighted by molar-refractivity contribution is -0.166. The van der Waals surface area contributed by atoms with Gasteiger partial charge >= 0.3 is 17.9 Å². The van der Waals surface area contributed by atoms with Crippen LogP contribution in [0.2, 0.25) is 0 Å². The largest absolute Gasteiger partial charge is 0.462 e. The van der Waals surface area contributed by atoms with Crippen molar-refractivity contribution >= 4 is 17.9 Å². The number of carbonyl (C=O) groups excluding carboxylic acids is 3. The monoisotopic (exact) mass is 1020 g/mol. The van der Waals surface area contributed by atoms with Crippen LogP contribution in [0, 0.1) is 0 Å². The van der Waals surface area contributed by atoms with Crippen molar-refractivity contribution in [3.63, 3.8) is 0 Å². The van der Waals surface area contributed by atoms with Gasteiger partial charge in [-0.2, -0.15) is 0 Å². The summed E-state index contributed by atoms with van der Waals surface area (Å²) in [6.45, 7) is 6.31. The van der Waals surface area contributed by atoms with E-state index in [1.165, 1.54) is 77.0 Å². The normalized spacial score (nSPS) is 13.2. The zero-order chi connectivity index (χ0) is 53.6. The lowest BCUT2D eigenvalue weighted by Crippen LogP contribution is -2.30. The van der Waals surface area contributed by atoms with Gasteiger partial charge in [-0.05, 0) is 103 Å². The molecule has 0 aliphatic rings. The number of ether oxygens (including phenoxy) is 3. The molecule has 0 saturated carbocycles. The molecule has 0 aliphatic carbocycles. The number of hydrogen-bond donors (Lipinski definition) is 0. The summed E-state index contributed by atoms with van der Waals surface area (Å²) >= 11 is 0. The van der Waals surface area contributed by atoms with Crippen molar-refractivity contribution < 1.29 is 28.6 Å². The zero-order valence-electron chi connectivity index (χ0n) is 47.5. The maximum atomic E-state index is 12.8. The molecule has 0 amide bonds. The fourth-order valence-corrected chi connectivity index (χ4v) is 7.73. The summed E-state index contributed by atoms with van der Waals surface area (Å²) in [6, 6.07) is 0. The molecule has 6 heteroatoms. The summed E-state index contributed by atoms with van der Waals surface area (Å²) in [6.07, 6.45) is 87.3. The first kappa shape index (κ1) is 69.3. The van der Waals surface area contributed by atoms with E-state index in [1.807, 2.05) is 6.08 Å². The van der Waals surface area contributed by atoms with Crippen molar-refractivity contribution in [3.8, 4) is 0 Å². The second-order valence-corrected chi connectivity index (χ2v) is 19.2. The van der Waals surface area contributed by atoms with Crippen LogP contribution in [-0.4, -0.2) is 37.2 Å². The number of allylic oxidation sites excluding steroid dienone is 23. The predicted octanol–water partition coefficient (Wildman–Crippen LogP) is 20.4. The van der Waals surface area contributed by atoms with Crippen LogP contribution in [0.5, 0.6) is 0 Å². The number of esters is 3. The molecule has 0 spiro atoms. The SMILES string of the molecule is CC/C=C\C/C=C\C/C=C\C/C=C\C/C=C\C/C=C\C/C=C\CCCCCCCCCC(=O)OCC(COC(=O)CCCCCCCCCCCCCC)OC(=O)C/C=C\C/C=C\C/C=C\C/C=C\C/C=C\CC. The van der Waals surface area contributed by atoms with Crippen molar-refractivity contribution in [2.45, 2.75) is 252 Å². The van der Waals surface area contributed by atoms with Crippen LogP contribution in [0.3, 0.4) is 0 Å². The van der Waals surface area contributed by atoms with E-state index in [0.717, 1.165) is 122 Å². The van der Waals surface area contributed by atoms with Gasteiger partial charge in [-0.3, -0.25) is 14.4 Å². The summed E-state index contributed by atoms with van der Waals surface area (Å²) in [7, 11) is 0. The van der Waals surface area contributed by atoms with E-state index in [9.17, 15) is 14.4 Å². The maximum absolute atomic E-state index is 12.8. The fraction of sp³-hybridized carbons (Fsp3) is 0.603. The molecule has 0 saturated heterocycles. The van der Waals surface area contributed by atoms with Gasteiger partial charge in [0.1, 0.15) is 13.2 Å². The summed E-state index contributed by atoms with van der Waals surface area (Å²) in [4.78, 5) is 38.1. The van der Waals surface area contributed by atoms with Gasteiger partial charge in [0, 0.05) is 12.8 Å². The minimum atomic E-state index is -0.841. The van der Waals surface area contributed by atoms with Crippen LogP contribution in [0.1, 0.15) is 245 Å². The summed E-state index contributed by atoms with van der Waals surface area (Å²) < 4.78 is 16.7. The molecule has 0 rings (SSSR count). The molecule has 0 aliphatic heterocycles. The van der Waals surface area contributed by atoms with E-state index in [2.05, 4.69) is 154 Å². The molecule has 6 nitrogen and oxygen atoms in total. The Morgan fingerprint density at radius 3 is 0.892 bits per heavy atom. The molecule has 74 heavy (non-hydrogen) atoms. The molecule has 416 valence electrons. The van der Waals surface area contributed by atoms with Crippen molar-refractivity contribution in [2.75, 3.05) is 13.2 Å². The predicted molar refractivity (Wildman–Crippen MR) is 320 cm³/mol. The lowest BCUT2D eigenvalue weighted by atomic mass is 10.0. The average Bonchev–Trinajstić information content (AvgIpc) is 3.40. The topological polar surface area (TPSA) is 78.9 Å². The quantitative estimate of drug-likeness (QED) is 0.0261. The first-order valence-electron chi connectivity index (χ1n) is 29.8. The number of hydrogen-bond acceptors (Lipinski definition) is 6. The number of carbonyl (C=O) groups is 3. The molecule has 0 aromatic heterocycles. The van der Waals surface area contributed by atoms with E-state index in [1.54, 1.807) is 6.08 Å².